The summed E-state index contributed by atoms with van der Waals surface area (Å²) in [6, 6.07) is 12.3. The van der Waals surface area contributed by atoms with Gasteiger partial charge in [-0.1, -0.05) is 18.2 Å². The first-order valence-corrected chi connectivity index (χ1v) is 7.91. The first kappa shape index (κ1) is 18.7. The van der Waals surface area contributed by atoms with Gasteiger partial charge in [0.1, 0.15) is 23.1 Å². The molecule has 0 saturated carbocycles. The van der Waals surface area contributed by atoms with Gasteiger partial charge in [-0.25, -0.2) is 13.6 Å². The Morgan fingerprint density at radius 2 is 1.79 bits per heavy atom. The van der Waals surface area contributed by atoms with Crippen molar-refractivity contribution in [1.29, 1.82) is 10.5 Å². The standard InChI is InChI=1S/C19H11F2N5O2/c1-19(10-23,11-2-4-12(20)5-3-11)14-7-6-13(8-15(14)21)26-18(28)24-17(27)16(9-22)25-26/h2-8H,1H3,(H,24,27,28). The molecule has 0 saturated heterocycles. The molecule has 0 aliphatic rings. The molecule has 138 valence electrons. The Labute approximate surface area is 156 Å². The van der Waals surface area contributed by atoms with E-state index in [1.165, 1.54) is 49.4 Å². The van der Waals surface area contributed by atoms with Crippen molar-refractivity contribution < 1.29 is 8.78 Å². The molecule has 0 aliphatic carbocycles. The molecule has 1 aromatic heterocycles. The van der Waals surface area contributed by atoms with E-state index in [2.05, 4.69) is 5.10 Å². The molecule has 3 rings (SSSR count). The van der Waals surface area contributed by atoms with Crippen molar-refractivity contribution in [2.24, 2.45) is 0 Å². The molecule has 1 N–H and O–H groups in total. The molecule has 7 nitrogen and oxygen atoms in total. The van der Waals surface area contributed by atoms with Crippen LogP contribution in [0.1, 0.15) is 23.7 Å². The molecular formula is C19H11F2N5O2. The number of hydrogen-bond acceptors (Lipinski definition) is 5. The molecule has 3 aromatic rings. The Balaban J connectivity index is 2.15. The molecule has 0 aliphatic heterocycles. The number of benzene rings is 2. The second kappa shape index (κ2) is 6.89. The van der Waals surface area contributed by atoms with Gasteiger partial charge in [0.2, 0.25) is 5.69 Å². The minimum absolute atomic E-state index is 0.00309. The van der Waals surface area contributed by atoms with Crippen LogP contribution in [0.25, 0.3) is 5.69 Å². The largest absolute Gasteiger partial charge is 0.349 e. The lowest BCUT2D eigenvalue weighted by Gasteiger charge is -2.23. The Hall–Kier alpha value is -4.11. The summed E-state index contributed by atoms with van der Waals surface area (Å²) < 4.78 is 28.7. The van der Waals surface area contributed by atoms with Crippen molar-refractivity contribution in [2.45, 2.75) is 12.3 Å². The Morgan fingerprint density at radius 1 is 1.11 bits per heavy atom. The van der Waals surface area contributed by atoms with Crippen LogP contribution in [-0.4, -0.2) is 14.8 Å². The number of nitrogens with zero attached hydrogens (tertiary/aromatic N) is 4. The summed E-state index contributed by atoms with van der Waals surface area (Å²) in [4.78, 5) is 25.3. The third kappa shape index (κ3) is 3.06. The van der Waals surface area contributed by atoms with Gasteiger partial charge in [0.15, 0.2) is 0 Å². The van der Waals surface area contributed by atoms with E-state index >= 15 is 0 Å². The minimum atomic E-state index is -1.42. The van der Waals surface area contributed by atoms with E-state index in [9.17, 15) is 23.6 Å². The van der Waals surface area contributed by atoms with Crippen LogP contribution in [-0.2, 0) is 5.41 Å². The van der Waals surface area contributed by atoms with E-state index in [4.69, 9.17) is 5.26 Å². The van der Waals surface area contributed by atoms with Crippen molar-refractivity contribution in [3.8, 4) is 17.8 Å². The van der Waals surface area contributed by atoms with Crippen LogP contribution in [0.2, 0.25) is 0 Å². The highest BCUT2D eigenvalue weighted by atomic mass is 19.1. The second-order valence-corrected chi connectivity index (χ2v) is 6.04. The van der Waals surface area contributed by atoms with E-state index in [1.807, 2.05) is 11.1 Å². The van der Waals surface area contributed by atoms with E-state index in [0.29, 0.717) is 10.2 Å². The fourth-order valence-corrected chi connectivity index (χ4v) is 2.75. The number of nitrogens with one attached hydrogen (secondary N) is 1. The zero-order chi connectivity index (χ0) is 20.5. The number of aromatic nitrogens is 3. The Morgan fingerprint density at radius 3 is 2.36 bits per heavy atom. The van der Waals surface area contributed by atoms with Gasteiger partial charge in [-0.15, -0.1) is 5.10 Å². The molecule has 0 fully saturated rings. The Kier molecular flexibility index (Phi) is 4.60. The first-order valence-electron chi connectivity index (χ1n) is 7.91. The van der Waals surface area contributed by atoms with Crippen molar-refractivity contribution in [2.75, 3.05) is 0 Å². The molecule has 0 bridgehead atoms. The molecule has 9 heteroatoms. The SMILES string of the molecule is CC(C#N)(c1ccc(F)cc1)c1ccc(-n2nc(C#N)c(=O)[nH]c2=O)cc1F. The highest BCUT2D eigenvalue weighted by molar-refractivity contribution is 5.48. The summed E-state index contributed by atoms with van der Waals surface area (Å²) in [5.41, 5.74) is -3.53. The third-order valence-corrected chi connectivity index (χ3v) is 4.31. The summed E-state index contributed by atoms with van der Waals surface area (Å²) >= 11 is 0. The van der Waals surface area contributed by atoms with Crippen LogP contribution in [0.5, 0.6) is 0 Å². The lowest BCUT2D eigenvalue weighted by molar-refractivity contribution is 0.574. The van der Waals surface area contributed by atoms with Gasteiger partial charge in [-0.2, -0.15) is 15.2 Å². The van der Waals surface area contributed by atoms with Crippen LogP contribution in [0, 0.1) is 34.3 Å². The summed E-state index contributed by atoms with van der Waals surface area (Å²) in [7, 11) is 0. The second-order valence-electron chi connectivity index (χ2n) is 6.04. The highest BCUT2D eigenvalue weighted by Gasteiger charge is 2.32. The molecule has 0 amide bonds. The number of aromatic amines is 1. The molecule has 1 atom stereocenters. The predicted octanol–water partition coefficient (Wildman–Crippen LogP) is 1.90. The van der Waals surface area contributed by atoms with Crippen molar-refractivity contribution >= 4 is 0 Å². The number of rotatable bonds is 3. The zero-order valence-corrected chi connectivity index (χ0v) is 14.4. The molecule has 2 aromatic carbocycles. The summed E-state index contributed by atoms with van der Waals surface area (Å²) in [6.45, 7) is 1.48. The number of H-pyrrole nitrogens is 1. The average Bonchev–Trinajstić information content (AvgIpc) is 2.68. The summed E-state index contributed by atoms with van der Waals surface area (Å²) in [5.74, 6) is -1.30. The van der Waals surface area contributed by atoms with Crippen molar-refractivity contribution in [3.63, 3.8) is 0 Å². The minimum Gasteiger partial charge on any atom is -0.270 e. The lowest BCUT2D eigenvalue weighted by Crippen LogP contribution is -2.33. The maximum Gasteiger partial charge on any atom is 0.349 e. The maximum absolute atomic E-state index is 14.9. The Bertz CT molecular complexity index is 1270. The van der Waals surface area contributed by atoms with Gasteiger partial charge in [0, 0.05) is 11.6 Å². The maximum atomic E-state index is 14.9. The topological polar surface area (TPSA) is 115 Å². The third-order valence-electron chi connectivity index (χ3n) is 4.31. The summed E-state index contributed by atoms with van der Waals surface area (Å²) in [6.07, 6.45) is 0. The fourth-order valence-electron chi connectivity index (χ4n) is 2.75. The normalized spacial score (nSPS) is 12.6. The van der Waals surface area contributed by atoms with Crippen LogP contribution in [0.3, 0.4) is 0 Å². The molecule has 0 radical (unpaired) electrons. The van der Waals surface area contributed by atoms with Crippen molar-refractivity contribution in [3.05, 3.63) is 91.8 Å². The predicted molar refractivity (Wildman–Crippen MR) is 93.6 cm³/mol. The number of hydrogen-bond donors (Lipinski definition) is 1. The monoisotopic (exact) mass is 379 g/mol. The molecule has 28 heavy (non-hydrogen) atoms. The van der Waals surface area contributed by atoms with Crippen LogP contribution in [0.4, 0.5) is 8.78 Å². The van der Waals surface area contributed by atoms with Crippen LogP contribution >= 0.6 is 0 Å². The lowest BCUT2D eigenvalue weighted by atomic mass is 9.77. The quantitative estimate of drug-likeness (QED) is 0.746. The summed E-state index contributed by atoms with van der Waals surface area (Å²) in [5, 5.41) is 22.1. The van der Waals surface area contributed by atoms with Gasteiger partial charge in [0.05, 0.1) is 11.8 Å². The number of halogens is 2. The number of nitriles is 2. The smallest absolute Gasteiger partial charge is 0.270 e. The van der Waals surface area contributed by atoms with Crippen LogP contribution in [0.15, 0.2) is 52.1 Å². The highest BCUT2D eigenvalue weighted by Crippen LogP contribution is 2.33. The zero-order valence-electron chi connectivity index (χ0n) is 14.4. The molecule has 1 unspecified atom stereocenters. The van der Waals surface area contributed by atoms with Crippen LogP contribution < -0.4 is 11.2 Å². The molecule has 1 heterocycles. The van der Waals surface area contributed by atoms with Gasteiger partial charge in [-0.3, -0.25) is 9.78 Å². The van der Waals surface area contributed by atoms with E-state index < -0.39 is 34.0 Å². The molecule has 0 spiro atoms. The first-order chi connectivity index (χ1) is 13.3. The van der Waals surface area contributed by atoms with E-state index in [0.717, 1.165) is 6.07 Å². The van der Waals surface area contributed by atoms with Gasteiger partial charge in [0.25, 0.3) is 5.56 Å². The van der Waals surface area contributed by atoms with E-state index in [-0.39, 0.29) is 11.3 Å². The van der Waals surface area contributed by atoms with Gasteiger partial charge in [-0.05, 0) is 30.7 Å². The van der Waals surface area contributed by atoms with Gasteiger partial charge >= 0.3 is 5.69 Å². The fraction of sp³-hybridized carbons (Fsp3) is 0.105. The average molecular weight is 379 g/mol. The molecular weight excluding hydrogens is 368 g/mol. The van der Waals surface area contributed by atoms with Gasteiger partial charge < -0.3 is 0 Å². The van der Waals surface area contributed by atoms with Crippen molar-refractivity contribution in [1.82, 2.24) is 14.8 Å². The van der Waals surface area contributed by atoms with E-state index in [1.54, 1.807) is 0 Å².